The molecule has 1 aromatic rings. The highest BCUT2D eigenvalue weighted by atomic mass is 16.2. The van der Waals surface area contributed by atoms with Gasteiger partial charge in [0.15, 0.2) is 0 Å². The van der Waals surface area contributed by atoms with Crippen LogP contribution in [0.3, 0.4) is 0 Å². The van der Waals surface area contributed by atoms with E-state index in [9.17, 15) is 9.59 Å². The molecule has 0 aliphatic carbocycles. The Labute approximate surface area is 125 Å². The average molecular weight is 286 g/mol. The van der Waals surface area contributed by atoms with Crippen molar-refractivity contribution in [3.63, 3.8) is 0 Å². The van der Waals surface area contributed by atoms with E-state index in [1.54, 1.807) is 4.90 Å². The van der Waals surface area contributed by atoms with E-state index < -0.39 is 0 Å². The molecule has 4 heteroatoms. The van der Waals surface area contributed by atoms with Gasteiger partial charge in [0.25, 0.3) is 5.91 Å². The van der Waals surface area contributed by atoms with Gasteiger partial charge in [-0.3, -0.25) is 9.59 Å². The topological polar surface area (TPSA) is 40.6 Å². The van der Waals surface area contributed by atoms with Crippen molar-refractivity contribution in [3.05, 3.63) is 29.8 Å². The van der Waals surface area contributed by atoms with Crippen LogP contribution in [0.4, 0.5) is 5.69 Å². The number of carbonyl (C=O) groups excluding carboxylic acids is 2. The highest BCUT2D eigenvalue weighted by Gasteiger charge is 2.26. The number of rotatable bonds is 2. The molecule has 0 bridgehead atoms. The molecule has 21 heavy (non-hydrogen) atoms. The van der Waals surface area contributed by atoms with Crippen LogP contribution < -0.4 is 4.90 Å². The SMILES string of the molecule is C[C@@H]1CCCCN1C(=O)c1cccc(N2CCCC2=O)c1. The molecule has 112 valence electrons. The summed E-state index contributed by atoms with van der Waals surface area (Å²) in [6, 6.07) is 7.83. The number of nitrogens with zero attached hydrogens (tertiary/aromatic N) is 2. The fourth-order valence-electron chi connectivity index (χ4n) is 3.29. The molecular formula is C17H22N2O2. The molecular weight excluding hydrogens is 264 g/mol. The molecule has 3 rings (SSSR count). The Morgan fingerprint density at radius 1 is 1.19 bits per heavy atom. The summed E-state index contributed by atoms with van der Waals surface area (Å²) in [4.78, 5) is 28.3. The Kier molecular flexibility index (Phi) is 3.95. The van der Waals surface area contributed by atoms with Crippen molar-refractivity contribution in [2.75, 3.05) is 18.0 Å². The maximum absolute atomic E-state index is 12.7. The van der Waals surface area contributed by atoms with Gasteiger partial charge in [-0.1, -0.05) is 6.07 Å². The Hall–Kier alpha value is -1.84. The van der Waals surface area contributed by atoms with E-state index in [1.165, 1.54) is 6.42 Å². The first-order chi connectivity index (χ1) is 10.2. The first-order valence-corrected chi connectivity index (χ1v) is 7.88. The third-order valence-corrected chi connectivity index (χ3v) is 4.54. The summed E-state index contributed by atoms with van der Waals surface area (Å²) < 4.78 is 0. The molecule has 2 amide bonds. The van der Waals surface area contributed by atoms with Crippen molar-refractivity contribution in [2.45, 2.75) is 45.1 Å². The number of likely N-dealkylation sites (tertiary alicyclic amines) is 1. The summed E-state index contributed by atoms with van der Waals surface area (Å²) in [7, 11) is 0. The van der Waals surface area contributed by atoms with Crippen LogP contribution in [0.25, 0.3) is 0 Å². The Balaban J connectivity index is 1.82. The minimum atomic E-state index is 0.0932. The summed E-state index contributed by atoms with van der Waals surface area (Å²) in [6.45, 7) is 3.72. The molecule has 4 nitrogen and oxygen atoms in total. The van der Waals surface area contributed by atoms with Gasteiger partial charge < -0.3 is 9.80 Å². The highest BCUT2D eigenvalue weighted by Crippen LogP contribution is 2.24. The number of carbonyl (C=O) groups is 2. The normalized spacial score (nSPS) is 22.7. The van der Waals surface area contributed by atoms with Gasteiger partial charge in [-0.15, -0.1) is 0 Å². The van der Waals surface area contributed by atoms with Crippen molar-refractivity contribution < 1.29 is 9.59 Å². The van der Waals surface area contributed by atoms with E-state index in [-0.39, 0.29) is 11.8 Å². The van der Waals surface area contributed by atoms with Crippen molar-refractivity contribution >= 4 is 17.5 Å². The van der Waals surface area contributed by atoms with Gasteiger partial charge in [0, 0.05) is 36.8 Å². The van der Waals surface area contributed by atoms with Crippen LogP contribution in [0.15, 0.2) is 24.3 Å². The van der Waals surface area contributed by atoms with Gasteiger partial charge in [-0.25, -0.2) is 0 Å². The van der Waals surface area contributed by atoms with Crippen LogP contribution >= 0.6 is 0 Å². The van der Waals surface area contributed by atoms with Crippen LogP contribution in [0, 0.1) is 0 Å². The van der Waals surface area contributed by atoms with Crippen molar-refractivity contribution in [1.82, 2.24) is 4.90 Å². The molecule has 0 spiro atoms. The van der Waals surface area contributed by atoms with Crippen LogP contribution in [-0.4, -0.2) is 35.8 Å². The van der Waals surface area contributed by atoms with Crippen molar-refractivity contribution in [2.24, 2.45) is 0 Å². The molecule has 0 saturated carbocycles. The molecule has 2 aliphatic rings. The monoisotopic (exact) mass is 286 g/mol. The number of hydrogen-bond acceptors (Lipinski definition) is 2. The molecule has 2 heterocycles. The van der Waals surface area contributed by atoms with E-state index >= 15 is 0 Å². The molecule has 1 aromatic carbocycles. The number of amides is 2. The summed E-state index contributed by atoms with van der Waals surface area (Å²) >= 11 is 0. The quantitative estimate of drug-likeness (QED) is 0.839. The van der Waals surface area contributed by atoms with Gasteiger partial charge in [0.05, 0.1) is 0 Å². The Morgan fingerprint density at radius 3 is 2.76 bits per heavy atom. The molecule has 0 radical (unpaired) electrons. The van der Waals surface area contributed by atoms with Gasteiger partial charge in [-0.2, -0.15) is 0 Å². The van der Waals surface area contributed by atoms with Crippen molar-refractivity contribution in [3.8, 4) is 0 Å². The maximum atomic E-state index is 12.7. The molecule has 0 aromatic heterocycles. The van der Waals surface area contributed by atoms with Crippen LogP contribution in [0.2, 0.25) is 0 Å². The lowest BCUT2D eigenvalue weighted by molar-refractivity contribution is -0.117. The summed E-state index contributed by atoms with van der Waals surface area (Å²) in [6.07, 6.45) is 4.88. The van der Waals surface area contributed by atoms with Gasteiger partial charge >= 0.3 is 0 Å². The van der Waals surface area contributed by atoms with Crippen LogP contribution in [-0.2, 0) is 4.79 Å². The van der Waals surface area contributed by atoms with E-state index in [1.807, 2.05) is 29.2 Å². The molecule has 2 saturated heterocycles. The summed E-state index contributed by atoms with van der Waals surface area (Å²) in [5.74, 6) is 0.252. The Bertz CT molecular complexity index is 555. The van der Waals surface area contributed by atoms with Gasteiger partial charge in [0.1, 0.15) is 0 Å². The van der Waals surface area contributed by atoms with Crippen molar-refractivity contribution in [1.29, 1.82) is 0 Å². The lowest BCUT2D eigenvalue weighted by Crippen LogP contribution is -2.42. The number of hydrogen-bond donors (Lipinski definition) is 0. The predicted octanol–water partition coefficient (Wildman–Crippen LogP) is 2.83. The zero-order valence-corrected chi connectivity index (χ0v) is 12.5. The second kappa shape index (κ2) is 5.88. The smallest absolute Gasteiger partial charge is 0.254 e. The third-order valence-electron chi connectivity index (χ3n) is 4.54. The van der Waals surface area contributed by atoms with E-state index in [0.29, 0.717) is 18.0 Å². The van der Waals surface area contributed by atoms with Crippen LogP contribution in [0.1, 0.15) is 49.4 Å². The minimum Gasteiger partial charge on any atom is -0.336 e. The number of anilines is 1. The van der Waals surface area contributed by atoms with E-state index in [0.717, 1.165) is 38.0 Å². The largest absolute Gasteiger partial charge is 0.336 e. The minimum absolute atomic E-state index is 0.0932. The Morgan fingerprint density at radius 2 is 2.05 bits per heavy atom. The average Bonchev–Trinajstić information content (AvgIpc) is 2.93. The summed E-state index contributed by atoms with van der Waals surface area (Å²) in [5.41, 5.74) is 1.55. The first-order valence-electron chi connectivity index (χ1n) is 7.88. The molecule has 2 fully saturated rings. The van der Waals surface area contributed by atoms with Gasteiger partial charge in [0.2, 0.25) is 5.91 Å². The number of benzene rings is 1. The standard InChI is InChI=1S/C17H22N2O2/c1-13-6-2-3-10-18(13)17(21)14-7-4-8-15(12-14)19-11-5-9-16(19)20/h4,7-8,12-13H,2-3,5-6,9-11H2,1H3/t13-/m1/s1. The predicted molar refractivity (Wildman–Crippen MR) is 82.4 cm³/mol. The first kappa shape index (κ1) is 14.1. The highest BCUT2D eigenvalue weighted by molar-refractivity contribution is 5.99. The zero-order valence-electron chi connectivity index (χ0n) is 12.5. The molecule has 2 aliphatic heterocycles. The zero-order chi connectivity index (χ0) is 14.8. The molecule has 0 unspecified atom stereocenters. The third kappa shape index (κ3) is 2.80. The van der Waals surface area contributed by atoms with E-state index in [4.69, 9.17) is 0 Å². The second-order valence-electron chi connectivity index (χ2n) is 6.04. The molecule has 0 N–H and O–H groups in total. The lowest BCUT2D eigenvalue weighted by Gasteiger charge is -2.33. The lowest BCUT2D eigenvalue weighted by atomic mass is 10.0. The molecule has 1 atom stereocenters. The van der Waals surface area contributed by atoms with E-state index in [2.05, 4.69) is 6.92 Å². The summed E-state index contributed by atoms with van der Waals surface area (Å²) in [5, 5.41) is 0. The maximum Gasteiger partial charge on any atom is 0.254 e. The second-order valence-corrected chi connectivity index (χ2v) is 6.04. The fourth-order valence-corrected chi connectivity index (χ4v) is 3.29. The van der Waals surface area contributed by atoms with Gasteiger partial charge in [-0.05, 0) is 50.8 Å². The number of piperidine rings is 1. The fraction of sp³-hybridized carbons (Fsp3) is 0.529. The van der Waals surface area contributed by atoms with Crippen LogP contribution in [0.5, 0.6) is 0 Å².